The summed E-state index contributed by atoms with van der Waals surface area (Å²) in [6.45, 7) is 6.49. The van der Waals surface area contributed by atoms with Gasteiger partial charge in [-0.1, -0.05) is 49.7 Å². The highest BCUT2D eigenvalue weighted by atomic mass is 35.5. The van der Waals surface area contributed by atoms with Crippen LogP contribution in [-0.4, -0.2) is 5.78 Å². The Morgan fingerprint density at radius 2 is 1.86 bits per heavy atom. The van der Waals surface area contributed by atoms with Crippen molar-refractivity contribution in [3.05, 3.63) is 93.9 Å². The molecule has 3 aromatic rings. The van der Waals surface area contributed by atoms with Gasteiger partial charge in [0.05, 0.1) is 0 Å². The molecule has 0 atom stereocenters. The van der Waals surface area contributed by atoms with Crippen LogP contribution < -0.4 is 4.74 Å². The average molecular weight is 395 g/mol. The fourth-order valence-corrected chi connectivity index (χ4v) is 2.83. The molecule has 0 radical (unpaired) electrons. The Labute approximate surface area is 170 Å². The zero-order valence-electron chi connectivity index (χ0n) is 16.2. The number of halogens is 1. The predicted octanol–water partition coefficient (Wildman–Crippen LogP) is 6.84. The van der Waals surface area contributed by atoms with Crippen LogP contribution in [0.4, 0.5) is 0 Å². The van der Waals surface area contributed by atoms with E-state index in [1.807, 2.05) is 61.5 Å². The van der Waals surface area contributed by atoms with Gasteiger partial charge in [-0.25, -0.2) is 0 Å². The van der Waals surface area contributed by atoms with Crippen LogP contribution in [-0.2, 0) is 6.61 Å². The molecular formula is C24H23ClO3. The Morgan fingerprint density at radius 3 is 2.54 bits per heavy atom. The molecule has 144 valence electrons. The summed E-state index contributed by atoms with van der Waals surface area (Å²) in [6.07, 6.45) is 3.20. The minimum absolute atomic E-state index is 0.0545. The van der Waals surface area contributed by atoms with Crippen molar-refractivity contribution in [2.24, 2.45) is 0 Å². The molecule has 2 aromatic carbocycles. The summed E-state index contributed by atoms with van der Waals surface area (Å²) in [5.74, 6) is 2.41. The van der Waals surface area contributed by atoms with Gasteiger partial charge in [0.2, 0.25) is 0 Å². The van der Waals surface area contributed by atoms with Gasteiger partial charge in [-0.2, -0.15) is 0 Å². The molecule has 1 aromatic heterocycles. The highest BCUT2D eigenvalue weighted by molar-refractivity contribution is 6.31. The normalized spacial score (nSPS) is 11.3. The smallest absolute Gasteiger partial charge is 0.185 e. The summed E-state index contributed by atoms with van der Waals surface area (Å²) in [4.78, 5) is 12.3. The second-order valence-corrected chi connectivity index (χ2v) is 7.39. The summed E-state index contributed by atoms with van der Waals surface area (Å²) >= 11 is 6.02. The van der Waals surface area contributed by atoms with Gasteiger partial charge >= 0.3 is 0 Å². The number of rotatable bonds is 7. The van der Waals surface area contributed by atoms with Gasteiger partial charge in [0, 0.05) is 10.6 Å². The molecule has 0 fully saturated rings. The largest absolute Gasteiger partial charge is 0.486 e. The summed E-state index contributed by atoms with van der Waals surface area (Å²) in [5.41, 5.74) is 2.84. The van der Waals surface area contributed by atoms with E-state index in [9.17, 15) is 4.79 Å². The van der Waals surface area contributed by atoms with Crippen molar-refractivity contribution in [2.75, 3.05) is 0 Å². The Morgan fingerprint density at radius 1 is 1.11 bits per heavy atom. The summed E-state index contributed by atoms with van der Waals surface area (Å²) in [5, 5.41) is 0.710. The van der Waals surface area contributed by atoms with E-state index < -0.39 is 0 Å². The number of benzene rings is 2. The van der Waals surface area contributed by atoms with Crippen LogP contribution in [0.15, 0.2) is 65.1 Å². The summed E-state index contributed by atoms with van der Waals surface area (Å²) < 4.78 is 11.4. The van der Waals surface area contributed by atoms with E-state index in [0.29, 0.717) is 34.6 Å². The topological polar surface area (TPSA) is 39.4 Å². The molecule has 0 N–H and O–H groups in total. The molecule has 0 saturated heterocycles. The maximum Gasteiger partial charge on any atom is 0.185 e. The van der Waals surface area contributed by atoms with Crippen molar-refractivity contribution in [2.45, 2.75) is 33.3 Å². The van der Waals surface area contributed by atoms with E-state index in [4.69, 9.17) is 20.8 Å². The molecule has 0 aliphatic heterocycles. The quantitative estimate of drug-likeness (QED) is 0.325. The lowest BCUT2D eigenvalue weighted by molar-refractivity contribution is 0.104. The first-order valence-electron chi connectivity index (χ1n) is 9.22. The molecule has 0 aliphatic carbocycles. The van der Waals surface area contributed by atoms with Crippen molar-refractivity contribution in [1.82, 2.24) is 0 Å². The van der Waals surface area contributed by atoms with Crippen LogP contribution in [0.3, 0.4) is 0 Å². The summed E-state index contributed by atoms with van der Waals surface area (Å²) in [7, 11) is 0. The number of furan rings is 1. The molecule has 4 heteroatoms. The average Bonchev–Trinajstić information content (AvgIpc) is 3.15. The summed E-state index contributed by atoms with van der Waals surface area (Å²) in [6, 6.07) is 16.9. The zero-order valence-corrected chi connectivity index (χ0v) is 17.0. The molecule has 0 amide bonds. The fourth-order valence-electron chi connectivity index (χ4n) is 2.71. The Kier molecular flexibility index (Phi) is 6.37. The molecule has 0 unspecified atom stereocenters. The van der Waals surface area contributed by atoms with Gasteiger partial charge in [0.1, 0.15) is 23.9 Å². The molecule has 3 nitrogen and oxygen atoms in total. The number of aryl methyl sites for hydroxylation is 1. The van der Waals surface area contributed by atoms with Gasteiger partial charge in [-0.3, -0.25) is 4.79 Å². The van der Waals surface area contributed by atoms with Gasteiger partial charge in [0.25, 0.3) is 0 Å². The number of ether oxygens (including phenoxy) is 1. The molecular weight excluding hydrogens is 372 g/mol. The first kappa shape index (κ1) is 20.0. The lowest BCUT2D eigenvalue weighted by atomic mass is 10.0. The lowest BCUT2D eigenvalue weighted by Gasteiger charge is -2.06. The van der Waals surface area contributed by atoms with Crippen molar-refractivity contribution >= 4 is 23.5 Å². The van der Waals surface area contributed by atoms with Gasteiger partial charge in [-0.05, 0) is 66.5 Å². The van der Waals surface area contributed by atoms with Gasteiger partial charge in [-0.15, -0.1) is 0 Å². The van der Waals surface area contributed by atoms with Crippen LogP contribution in [0.2, 0.25) is 5.02 Å². The van der Waals surface area contributed by atoms with Crippen LogP contribution in [0.1, 0.15) is 52.8 Å². The standard InChI is InChI=1S/C24H23ClO3/c1-16(2)18-4-6-19(7-5-18)24(26)13-11-20-8-9-22(28-20)15-27-21-10-12-23(25)17(3)14-21/h4-14,16H,15H2,1-3H3/b13-11+. The van der Waals surface area contributed by atoms with Crippen molar-refractivity contribution in [3.8, 4) is 5.75 Å². The Hall–Kier alpha value is -2.78. The molecule has 0 bridgehead atoms. The number of hydrogen-bond donors (Lipinski definition) is 0. The number of allylic oxidation sites excluding steroid dienone is 1. The highest BCUT2D eigenvalue weighted by Crippen LogP contribution is 2.22. The van der Waals surface area contributed by atoms with E-state index in [0.717, 1.165) is 11.3 Å². The monoisotopic (exact) mass is 394 g/mol. The van der Waals surface area contributed by atoms with E-state index in [2.05, 4.69) is 13.8 Å². The predicted molar refractivity (Wildman–Crippen MR) is 113 cm³/mol. The molecule has 28 heavy (non-hydrogen) atoms. The fraction of sp³-hybridized carbons (Fsp3) is 0.208. The first-order valence-corrected chi connectivity index (χ1v) is 9.60. The maximum absolute atomic E-state index is 12.3. The molecule has 0 saturated carbocycles. The number of carbonyl (C=O) groups is 1. The number of hydrogen-bond acceptors (Lipinski definition) is 3. The third-order valence-corrected chi connectivity index (χ3v) is 4.88. The van der Waals surface area contributed by atoms with Crippen LogP contribution in [0.25, 0.3) is 6.08 Å². The van der Waals surface area contributed by atoms with E-state index in [1.165, 1.54) is 11.6 Å². The second kappa shape index (κ2) is 8.94. The minimum atomic E-state index is -0.0545. The molecule has 3 rings (SSSR count). The third kappa shape index (κ3) is 5.14. The first-order chi connectivity index (χ1) is 13.4. The van der Waals surface area contributed by atoms with Gasteiger partial charge in [0.15, 0.2) is 5.78 Å². The SMILES string of the molecule is Cc1cc(OCc2ccc(/C=C/C(=O)c3ccc(C(C)C)cc3)o2)ccc1Cl. The third-order valence-electron chi connectivity index (χ3n) is 4.45. The lowest BCUT2D eigenvalue weighted by Crippen LogP contribution is -1.95. The van der Waals surface area contributed by atoms with Crippen molar-refractivity contribution in [1.29, 1.82) is 0 Å². The van der Waals surface area contributed by atoms with E-state index in [1.54, 1.807) is 6.08 Å². The molecule has 1 heterocycles. The van der Waals surface area contributed by atoms with Crippen molar-refractivity contribution in [3.63, 3.8) is 0 Å². The van der Waals surface area contributed by atoms with Crippen LogP contribution in [0, 0.1) is 6.92 Å². The number of ketones is 1. The van der Waals surface area contributed by atoms with E-state index in [-0.39, 0.29) is 5.78 Å². The van der Waals surface area contributed by atoms with Crippen molar-refractivity contribution < 1.29 is 13.9 Å². The zero-order chi connectivity index (χ0) is 20.1. The Bertz CT molecular complexity index is 981. The van der Waals surface area contributed by atoms with Crippen LogP contribution in [0.5, 0.6) is 5.75 Å². The van der Waals surface area contributed by atoms with Crippen LogP contribution >= 0.6 is 11.6 Å². The van der Waals surface area contributed by atoms with Gasteiger partial charge < -0.3 is 9.15 Å². The second-order valence-electron chi connectivity index (χ2n) is 6.98. The van der Waals surface area contributed by atoms with E-state index >= 15 is 0 Å². The molecule has 0 spiro atoms. The highest BCUT2D eigenvalue weighted by Gasteiger charge is 2.06. The Balaban J connectivity index is 1.58. The number of carbonyl (C=O) groups excluding carboxylic acids is 1. The molecule has 0 aliphatic rings. The maximum atomic E-state index is 12.3. The minimum Gasteiger partial charge on any atom is -0.486 e.